The lowest BCUT2D eigenvalue weighted by Gasteiger charge is -2.26. The Balaban J connectivity index is 1.36. The molecule has 1 aromatic carbocycles. The Morgan fingerprint density at radius 3 is 2.90 bits per heavy atom. The summed E-state index contributed by atoms with van der Waals surface area (Å²) in [6.07, 6.45) is 4.11. The van der Waals surface area contributed by atoms with Crippen LogP contribution in [0, 0.1) is 11.3 Å². The van der Waals surface area contributed by atoms with E-state index >= 15 is 0 Å². The third kappa shape index (κ3) is 4.33. The fourth-order valence-electron chi connectivity index (χ4n) is 3.41. The van der Waals surface area contributed by atoms with Crippen LogP contribution in [0.1, 0.15) is 11.3 Å². The SMILES string of the molecule is N#C/C(=C\c1ccc(N2CCOCC2)o1)C(=O)NCCc1c[nH]c2ccccc12. The second-order valence-electron chi connectivity index (χ2n) is 6.81. The topological polar surface area (TPSA) is 94.3 Å². The van der Waals surface area contributed by atoms with Crippen molar-refractivity contribution in [3.05, 3.63) is 59.5 Å². The van der Waals surface area contributed by atoms with Gasteiger partial charge in [0.1, 0.15) is 17.4 Å². The number of nitrogens with zero attached hydrogens (tertiary/aromatic N) is 2. The van der Waals surface area contributed by atoms with E-state index in [1.54, 1.807) is 6.07 Å². The van der Waals surface area contributed by atoms with Crippen molar-refractivity contribution in [2.45, 2.75) is 6.42 Å². The van der Waals surface area contributed by atoms with Crippen molar-refractivity contribution < 1.29 is 13.9 Å². The largest absolute Gasteiger partial charge is 0.441 e. The van der Waals surface area contributed by atoms with E-state index in [1.165, 1.54) is 6.08 Å². The normalized spacial score (nSPS) is 14.7. The van der Waals surface area contributed by atoms with E-state index in [0.29, 0.717) is 31.9 Å². The zero-order chi connectivity index (χ0) is 20.1. The number of morpholine rings is 1. The van der Waals surface area contributed by atoms with Gasteiger partial charge in [-0.1, -0.05) is 18.2 Å². The minimum atomic E-state index is -0.406. The molecule has 0 bridgehead atoms. The molecular weight excluding hydrogens is 368 g/mol. The summed E-state index contributed by atoms with van der Waals surface area (Å²) >= 11 is 0. The number of nitrogens with one attached hydrogen (secondary N) is 2. The standard InChI is InChI=1S/C22H22N4O3/c23-14-17(13-18-5-6-21(29-18)26-9-11-28-12-10-26)22(27)24-8-7-16-15-25-20-4-2-1-3-19(16)20/h1-6,13,15,25H,7-12H2,(H,24,27)/b17-13+. The number of H-pyrrole nitrogens is 1. The van der Waals surface area contributed by atoms with Gasteiger partial charge < -0.3 is 24.4 Å². The van der Waals surface area contributed by atoms with E-state index in [9.17, 15) is 10.1 Å². The van der Waals surface area contributed by atoms with Crippen LogP contribution in [0.3, 0.4) is 0 Å². The van der Waals surface area contributed by atoms with Gasteiger partial charge in [-0.2, -0.15) is 5.26 Å². The van der Waals surface area contributed by atoms with Gasteiger partial charge in [-0.15, -0.1) is 0 Å². The van der Waals surface area contributed by atoms with Crippen molar-refractivity contribution in [3.63, 3.8) is 0 Å². The van der Waals surface area contributed by atoms with E-state index in [-0.39, 0.29) is 5.57 Å². The van der Waals surface area contributed by atoms with Crippen molar-refractivity contribution in [1.82, 2.24) is 10.3 Å². The zero-order valence-corrected chi connectivity index (χ0v) is 16.0. The van der Waals surface area contributed by atoms with E-state index in [1.807, 2.05) is 42.6 Å². The van der Waals surface area contributed by atoms with Crippen LogP contribution < -0.4 is 10.2 Å². The summed E-state index contributed by atoms with van der Waals surface area (Å²) in [7, 11) is 0. The van der Waals surface area contributed by atoms with Crippen LogP contribution in [-0.4, -0.2) is 43.7 Å². The molecule has 7 heteroatoms. The highest BCUT2D eigenvalue weighted by Gasteiger charge is 2.15. The molecule has 3 aromatic rings. The molecule has 3 heterocycles. The minimum absolute atomic E-state index is 0.0202. The van der Waals surface area contributed by atoms with Crippen molar-refractivity contribution >= 4 is 28.8 Å². The molecule has 0 atom stereocenters. The van der Waals surface area contributed by atoms with Gasteiger partial charge in [0, 0.05) is 48.9 Å². The first-order valence-electron chi connectivity index (χ1n) is 9.62. The lowest BCUT2D eigenvalue weighted by Crippen LogP contribution is -2.35. The van der Waals surface area contributed by atoms with Crippen LogP contribution in [-0.2, 0) is 16.0 Å². The van der Waals surface area contributed by atoms with Crippen LogP contribution in [0.2, 0.25) is 0 Å². The van der Waals surface area contributed by atoms with Crippen LogP contribution in [0.25, 0.3) is 17.0 Å². The van der Waals surface area contributed by atoms with Gasteiger partial charge >= 0.3 is 0 Å². The molecule has 1 saturated heterocycles. The van der Waals surface area contributed by atoms with E-state index in [2.05, 4.69) is 15.2 Å². The van der Waals surface area contributed by atoms with Crippen molar-refractivity contribution in [2.24, 2.45) is 0 Å². The number of carbonyl (C=O) groups is 1. The highest BCUT2D eigenvalue weighted by molar-refractivity contribution is 6.01. The van der Waals surface area contributed by atoms with E-state index in [4.69, 9.17) is 9.15 Å². The summed E-state index contributed by atoms with van der Waals surface area (Å²) in [5, 5.41) is 13.3. The predicted molar refractivity (Wildman–Crippen MR) is 110 cm³/mol. The second kappa shape index (κ2) is 8.67. The Morgan fingerprint density at radius 2 is 2.07 bits per heavy atom. The zero-order valence-electron chi connectivity index (χ0n) is 16.0. The number of carbonyl (C=O) groups excluding carboxylic acids is 1. The number of aromatic nitrogens is 1. The summed E-state index contributed by atoms with van der Waals surface area (Å²) in [6, 6.07) is 13.6. The Bertz CT molecular complexity index is 1070. The smallest absolute Gasteiger partial charge is 0.262 e. The molecule has 2 N–H and O–H groups in total. The number of hydrogen-bond acceptors (Lipinski definition) is 5. The van der Waals surface area contributed by atoms with Crippen LogP contribution in [0.15, 0.2) is 52.6 Å². The number of fused-ring (bicyclic) bond motifs is 1. The van der Waals surface area contributed by atoms with Crippen LogP contribution in [0.4, 0.5) is 5.88 Å². The highest BCUT2D eigenvalue weighted by Crippen LogP contribution is 2.21. The van der Waals surface area contributed by atoms with Gasteiger partial charge in [0.15, 0.2) is 5.88 Å². The Morgan fingerprint density at radius 1 is 1.24 bits per heavy atom. The predicted octanol–water partition coefficient (Wildman–Crippen LogP) is 2.86. The molecular formula is C22H22N4O3. The van der Waals surface area contributed by atoms with E-state index in [0.717, 1.165) is 35.4 Å². The lowest BCUT2D eigenvalue weighted by atomic mass is 10.1. The number of aromatic amines is 1. The Kier molecular flexibility index (Phi) is 5.63. The molecule has 1 fully saturated rings. The van der Waals surface area contributed by atoms with Gasteiger partial charge in [-0.25, -0.2) is 0 Å². The van der Waals surface area contributed by atoms with Crippen molar-refractivity contribution in [3.8, 4) is 6.07 Å². The van der Waals surface area contributed by atoms with Gasteiger partial charge in [0.05, 0.1) is 13.2 Å². The monoisotopic (exact) mass is 390 g/mol. The Hall–Kier alpha value is -3.50. The number of ether oxygens (including phenoxy) is 1. The maximum absolute atomic E-state index is 12.4. The number of rotatable bonds is 6. The fourth-order valence-corrected chi connectivity index (χ4v) is 3.41. The molecule has 0 aliphatic carbocycles. The summed E-state index contributed by atoms with van der Waals surface area (Å²) in [5.74, 6) is 0.795. The first kappa shape index (κ1) is 18.8. The number of hydrogen-bond donors (Lipinski definition) is 2. The molecule has 1 amide bonds. The number of nitriles is 1. The molecule has 0 saturated carbocycles. The van der Waals surface area contributed by atoms with Crippen molar-refractivity contribution in [1.29, 1.82) is 5.26 Å². The number of benzene rings is 1. The number of anilines is 1. The molecule has 0 unspecified atom stereocenters. The average molecular weight is 390 g/mol. The van der Waals surface area contributed by atoms with Gasteiger partial charge in [0.25, 0.3) is 5.91 Å². The molecule has 1 aliphatic heterocycles. The fraction of sp³-hybridized carbons (Fsp3) is 0.273. The third-order valence-corrected chi connectivity index (χ3v) is 4.94. The number of para-hydroxylation sites is 1. The molecule has 2 aromatic heterocycles. The van der Waals surface area contributed by atoms with Gasteiger partial charge in [-0.05, 0) is 24.1 Å². The molecule has 7 nitrogen and oxygen atoms in total. The summed E-state index contributed by atoms with van der Waals surface area (Å²) in [5.41, 5.74) is 2.22. The summed E-state index contributed by atoms with van der Waals surface area (Å²) in [4.78, 5) is 17.7. The minimum Gasteiger partial charge on any atom is -0.441 e. The molecule has 4 rings (SSSR count). The number of amides is 1. The average Bonchev–Trinajstić information content (AvgIpc) is 3.40. The second-order valence-corrected chi connectivity index (χ2v) is 6.81. The van der Waals surface area contributed by atoms with Gasteiger partial charge in [0.2, 0.25) is 0 Å². The maximum atomic E-state index is 12.4. The van der Waals surface area contributed by atoms with Crippen LogP contribution >= 0.6 is 0 Å². The first-order valence-corrected chi connectivity index (χ1v) is 9.62. The molecule has 1 aliphatic rings. The van der Waals surface area contributed by atoms with Crippen molar-refractivity contribution in [2.75, 3.05) is 37.7 Å². The van der Waals surface area contributed by atoms with E-state index < -0.39 is 5.91 Å². The first-order chi connectivity index (χ1) is 14.2. The molecule has 148 valence electrons. The summed E-state index contributed by atoms with van der Waals surface area (Å²) in [6.45, 7) is 3.28. The Labute approximate surface area is 168 Å². The lowest BCUT2D eigenvalue weighted by molar-refractivity contribution is -0.117. The van der Waals surface area contributed by atoms with Gasteiger partial charge in [-0.3, -0.25) is 4.79 Å². The molecule has 29 heavy (non-hydrogen) atoms. The summed E-state index contributed by atoms with van der Waals surface area (Å²) < 4.78 is 11.1. The van der Waals surface area contributed by atoms with Crippen LogP contribution in [0.5, 0.6) is 0 Å². The quantitative estimate of drug-likeness (QED) is 0.499. The molecule has 0 radical (unpaired) electrons. The maximum Gasteiger partial charge on any atom is 0.262 e. The highest BCUT2D eigenvalue weighted by atomic mass is 16.5. The third-order valence-electron chi connectivity index (χ3n) is 4.94. The molecule has 0 spiro atoms. The number of furan rings is 1.